The Hall–Kier alpha value is -1.98. The van der Waals surface area contributed by atoms with Gasteiger partial charge in [-0.3, -0.25) is 9.79 Å². The molecule has 1 aromatic heterocycles. The summed E-state index contributed by atoms with van der Waals surface area (Å²) in [5.74, 6) is 1.28. The number of hydrogen-bond acceptors (Lipinski definition) is 7. The Bertz CT molecular complexity index is 701. The summed E-state index contributed by atoms with van der Waals surface area (Å²) in [6.07, 6.45) is 1.28. The summed E-state index contributed by atoms with van der Waals surface area (Å²) in [5.41, 5.74) is -0.504. The number of rotatable bonds is 4. The van der Waals surface area contributed by atoms with Gasteiger partial charge in [-0.2, -0.15) is 0 Å². The number of hydrogen-bond donors (Lipinski definition) is 2. The zero-order chi connectivity index (χ0) is 19.4. The molecule has 0 radical (unpaired) electrons. The van der Waals surface area contributed by atoms with Gasteiger partial charge in [-0.05, 0) is 32.9 Å². The fourth-order valence-corrected chi connectivity index (χ4v) is 3.04. The fourth-order valence-electron chi connectivity index (χ4n) is 3.04. The van der Waals surface area contributed by atoms with E-state index >= 15 is 0 Å². The predicted octanol–water partition coefficient (Wildman–Crippen LogP) is 1.39. The Morgan fingerprint density at radius 3 is 2.82 bits per heavy atom. The Labute approximate surface area is 181 Å². The van der Waals surface area contributed by atoms with Crippen molar-refractivity contribution in [1.29, 1.82) is 0 Å². The van der Waals surface area contributed by atoms with Crippen LogP contribution in [0, 0.1) is 0 Å². The van der Waals surface area contributed by atoms with Gasteiger partial charge in [0.25, 0.3) is 0 Å². The zero-order valence-electron chi connectivity index (χ0n) is 16.4. The lowest BCUT2D eigenvalue weighted by molar-refractivity contribution is -0.120. The van der Waals surface area contributed by atoms with Gasteiger partial charge in [-0.15, -0.1) is 24.0 Å². The summed E-state index contributed by atoms with van der Waals surface area (Å²) in [4.78, 5) is 32.5. The maximum Gasteiger partial charge on any atom is 0.410 e. The van der Waals surface area contributed by atoms with Crippen LogP contribution in [0.25, 0.3) is 0 Å². The van der Waals surface area contributed by atoms with Crippen molar-refractivity contribution in [2.75, 3.05) is 32.7 Å². The molecule has 2 N–H and O–H groups in total. The topological polar surface area (TPSA) is 99.4 Å². The molecular weight excluding hydrogens is 477 g/mol. The van der Waals surface area contributed by atoms with E-state index < -0.39 is 5.60 Å². The highest BCUT2D eigenvalue weighted by molar-refractivity contribution is 14.0. The molecule has 28 heavy (non-hydrogen) atoms. The summed E-state index contributed by atoms with van der Waals surface area (Å²) < 4.78 is 10.6. The van der Waals surface area contributed by atoms with Crippen molar-refractivity contribution < 1.29 is 18.7 Å². The summed E-state index contributed by atoms with van der Waals surface area (Å²) >= 11 is 0. The van der Waals surface area contributed by atoms with Crippen LogP contribution in [0.15, 0.2) is 27.8 Å². The van der Waals surface area contributed by atoms with Crippen molar-refractivity contribution in [3.05, 3.63) is 24.2 Å². The van der Waals surface area contributed by atoms with E-state index in [1.165, 1.54) is 0 Å². The molecule has 0 bridgehead atoms. The lowest BCUT2D eigenvalue weighted by Gasteiger charge is -2.39. The van der Waals surface area contributed by atoms with Gasteiger partial charge in [0, 0.05) is 19.6 Å². The molecule has 2 amide bonds. The summed E-state index contributed by atoms with van der Waals surface area (Å²) in [6.45, 7) is 8.45. The number of carbonyl (C=O) groups is 2. The van der Waals surface area contributed by atoms with Gasteiger partial charge >= 0.3 is 6.09 Å². The average Bonchev–Trinajstić information content (AvgIpc) is 3.25. The maximum absolute atomic E-state index is 12.2. The average molecular weight is 505 g/mol. The highest BCUT2D eigenvalue weighted by Gasteiger charge is 2.36. The number of halogens is 1. The van der Waals surface area contributed by atoms with Gasteiger partial charge in [0.05, 0.1) is 31.9 Å². The summed E-state index contributed by atoms with van der Waals surface area (Å²) in [5, 5.41) is 5.88. The molecular formula is C18H28IN5O4. The van der Waals surface area contributed by atoms with E-state index in [0.717, 1.165) is 0 Å². The van der Waals surface area contributed by atoms with E-state index in [1.807, 2.05) is 26.8 Å². The molecule has 1 fully saturated rings. The number of furan rings is 1. The minimum Gasteiger partial charge on any atom is -0.467 e. The maximum atomic E-state index is 12.2. The van der Waals surface area contributed by atoms with Gasteiger partial charge in [-0.25, -0.2) is 4.79 Å². The fraction of sp³-hybridized carbons (Fsp3) is 0.611. The number of nitrogens with one attached hydrogen (secondary N) is 2. The van der Waals surface area contributed by atoms with E-state index in [2.05, 4.69) is 20.5 Å². The molecule has 10 heteroatoms. The Morgan fingerprint density at radius 2 is 2.14 bits per heavy atom. The first kappa shape index (κ1) is 22.3. The molecule has 1 unspecified atom stereocenters. The lowest BCUT2D eigenvalue weighted by Crippen LogP contribution is -2.58. The lowest BCUT2D eigenvalue weighted by atomic mass is 10.2. The van der Waals surface area contributed by atoms with Crippen LogP contribution in [0.4, 0.5) is 4.79 Å². The summed E-state index contributed by atoms with van der Waals surface area (Å²) in [6, 6.07) is 3.70. The number of amides is 2. The summed E-state index contributed by atoms with van der Waals surface area (Å²) in [7, 11) is 0. The van der Waals surface area contributed by atoms with Gasteiger partial charge in [0.2, 0.25) is 5.91 Å². The minimum atomic E-state index is -0.504. The van der Waals surface area contributed by atoms with E-state index in [4.69, 9.17) is 9.15 Å². The number of piperazine rings is 1. The normalized spacial score (nSPS) is 18.7. The number of aliphatic imine (C=N–C) groups is 1. The molecule has 1 aromatic rings. The second-order valence-corrected chi connectivity index (χ2v) is 7.65. The van der Waals surface area contributed by atoms with Crippen molar-refractivity contribution >= 4 is 41.9 Å². The Balaban J connectivity index is 0.00000280. The van der Waals surface area contributed by atoms with E-state index in [9.17, 15) is 9.59 Å². The van der Waals surface area contributed by atoms with Crippen LogP contribution in [0.1, 0.15) is 26.5 Å². The predicted molar refractivity (Wildman–Crippen MR) is 115 cm³/mol. The molecule has 156 valence electrons. The third kappa shape index (κ3) is 6.01. The van der Waals surface area contributed by atoms with Crippen molar-refractivity contribution in [2.24, 2.45) is 4.99 Å². The first-order valence-corrected chi connectivity index (χ1v) is 9.14. The first-order chi connectivity index (χ1) is 12.8. The highest BCUT2D eigenvalue weighted by atomic mass is 127. The third-order valence-electron chi connectivity index (χ3n) is 4.31. The number of ether oxygens (including phenoxy) is 1. The molecule has 0 saturated carbocycles. The monoisotopic (exact) mass is 505 g/mol. The molecule has 9 nitrogen and oxygen atoms in total. The number of fused-ring (bicyclic) bond motifs is 1. The highest BCUT2D eigenvalue weighted by Crippen LogP contribution is 2.18. The van der Waals surface area contributed by atoms with Crippen LogP contribution in [-0.2, 0) is 16.1 Å². The number of carbonyl (C=O) groups excluding carboxylic acids is 2. The van der Waals surface area contributed by atoms with Crippen LogP contribution >= 0.6 is 24.0 Å². The molecule has 0 aliphatic carbocycles. The molecule has 2 aliphatic rings. The SMILES string of the molecule is CC(C)(C)OC(=O)N1CCN2C(NCC(=O)NCc3ccco3)=NCC2C1.I. The largest absolute Gasteiger partial charge is 0.467 e. The molecule has 1 saturated heterocycles. The Kier molecular flexibility index (Phi) is 7.55. The van der Waals surface area contributed by atoms with Gasteiger partial charge < -0.3 is 29.6 Å². The van der Waals surface area contributed by atoms with Crippen LogP contribution < -0.4 is 10.6 Å². The second kappa shape index (κ2) is 9.48. The van der Waals surface area contributed by atoms with Crippen LogP contribution in [0.2, 0.25) is 0 Å². The first-order valence-electron chi connectivity index (χ1n) is 9.14. The van der Waals surface area contributed by atoms with Crippen LogP contribution in [-0.4, -0.2) is 72.1 Å². The molecule has 3 rings (SSSR count). The minimum absolute atomic E-state index is 0. The van der Waals surface area contributed by atoms with E-state index in [1.54, 1.807) is 17.2 Å². The van der Waals surface area contributed by atoms with Gasteiger partial charge in [-0.1, -0.05) is 0 Å². The molecule has 3 heterocycles. The molecule has 0 spiro atoms. The number of nitrogens with zero attached hydrogens (tertiary/aromatic N) is 3. The van der Waals surface area contributed by atoms with Crippen molar-refractivity contribution in [1.82, 2.24) is 20.4 Å². The quantitative estimate of drug-likeness (QED) is 0.601. The molecule has 0 aromatic carbocycles. The zero-order valence-corrected chi connectivity index (χ0v) is 18.8. The Morgan fingerprint density at radius 1 is 1.36 bits per heavy atom. The standard InChI is InChI=1S/C18H27N5O4.HI/c1-18(2,3)27-17(25)22-6-7-23-13(12-22)9-20-16(23)21-11-15(24)19-10-14-5-4-8-26-14;/h4-5,8,13H,6-7,9-12H2,1-3H3,(H,19,24)(H,20,21);1H. The van der Waals surface area contributed by atoms with Gasteiger partial charge in [0.1, 0.15) is 11.4 Å². The van der Waals surface area contributed by atoms with Crippen molar-refractivity contribution in [2.45, 2.75) is 39.0 Å². The number of guanidine groups is 1. The van der Waals surface area contributed by atoms with Crippen molar-refractivity contribution in [3.63, 3.8) is 0 Å². The van der Waals surface area contributed by atoms with Crippen molar-refractivity contribution in [3.8, 4) is 0 Å². The van der Waals surface area contributed by atoms with E-state index in [0.29, 0.717) is 44.4 Å². The van der Waals surface area contributed by atoms with Gasteiger partial charge in [0.15, 0.2) is 5.96 Å². The second-order valence-electron chi connectivity index (χ2n) is 7.65. The van der Waals surface area contributed by atoms with E-state index in [-0.39, 0.29) is 48.6 Å². The molecule has 2 aliphatic heterocycles. The van der Waals surface area contributed by atoms with Crippen LogP contribution in [0.5, 0.6) is 0 Å². The van der Waals surface area contributed by atoms with Crippen LogP contribution in [0.3, 0.4) is 0 Å². The smallest absolute Gasteiger partial charge is 0.410 e. The molecule has 1 atom stereocenters. The third-order valence-corrected chi connectivity index (χ3v) is 4.31.